The molecule has 0 fully saturated rings. The normalized spacial score (nSPS) is 12.4. The summed E-state index contributed by atoms with van der Waals surface area (Å²) < 4.78 is 4.87. The van der Waals surface area contributed by atoms with Crippen LogP contribution in [0.2, 0.25) is 19.6 Å². The van der Waals surface area contributed by atoms with Gasteiger partial charge in [-0.1, -0.05) is 152 Å². The van der Waals surface area contributed by atoms with Crippen LogP contribution in [0.5, 0.6) is 0 Å². The highest BCUT2D eigenvalue weighted by Crippen LogP contribution is 2.49. The van der Waals surface area contributed by atoms with Gasteiger partial charge in [-0.15, -0.1) is 0 Å². The van der Waals surface area contributed by atoms with Gasteiger partial charge in [0.2, 0.25) is 0 Å². The third-order valence-corrected chi connectivity index (χ3v) is 14.7. The molecule has 0 spiro atoms. The maximum Gasteiger partial charge on any atom is 0.0775 e. The van der Waals surface area contributed by atoms with Crippen molar-refractivity contribution >= 4 is 67.6 Å². The van der Waals surface area contributed by atoms with Crippen LogP contribution in [0.3, 0.4) is 0 Å². The Labute approximate surface area is 338 Å². The quantitative estimate of drug-likeness (QED) is 0.155. The largest absolute Gasteiger partial charge is 0.309 e. The molecule has 0 N–H and O–H groups in total. The number of nitrogens with zero attached hydrogens (tertiary/aromatic N) is 2. The molecule has 9 aromatic carbocycles. The van der Waals surface area contributed by atoms with Crippen LogP contribution in [-0.4, -0.2) is 17.2 Å². The fraction of sp³-hybridized carbons (Fsp3) is 0.0545. The molecule has 0 saturated heterocycles. The molecule has 0 saturated carbocycles. The summed E-state index contributed by atoms with van der Waals surface area (Å²) in [7, 11) is -1.40. The Kier molecular flexibility index (Phi) is 7.03. The molecule has 0 atom stereocenters. The summed E-state index contributed by atoms with van der Waals surface area (Å²) in [5.74, 6) is 0. The lowest BCUT2D eigenvalue weighted by Gasteiger charge is -2.17. The van der Waals surface area contributed by atoms with Crippen LogP contribution < -0.4 is 5.19 Å². The van der Waals surface area contributed by atoms with E-state index in [1.165, 1.54) is 110 Å². The molecular formula is C55H40N2Si. The summed E-state index contributed by atoms with van der Waals surface area (Å²) >= 11 is 0. The van der Waals surface area contributed by atoms with E-state index in [1.54, 1.807) is 0 Å². The molecule has 2 nitrogen and oxygen atoms in total. The number of hydrogen-bond acceptors (Lipinski definition) is 0. The summed E-state index contributed by atoms with van der Waals surface area (Å²) in [4.78, 5) is 0. The van der Waals surface area contributed by atoms with E-state index in [2.05, 4.69) is 217 Å². The molecule has 2 heterocycles. The maximum absolute atomic E-state index is 2.44. The second-order valence-electron chi connectivity index (χ2n) is 17.0. The number of fused-ring (bicyclic) bond motifs is 9. The van der Waals surface area contributed by atoms with E-state index in [0.717, 1.165) is 5.69 Å². The van der Waals surface area contributed by atoms with Crippen molar-refractivity contribution in [3.8, 4) is 55.9 Å². The van der Waals surface area contributed by atoms with Crippen molar-refractivity contribution < 1.29 is 0 Å². The zero-order valence-electron chi connectivity index (χ0n) is 32.8. The summed E-state index contributed by atoms with van der Waals surface area (Å²) in [6.07, 6.45) is 0. The van der Waals surface area contributed by atoms with Crippen LogP contribution in [0.25, 0.3) is 110 Å². The van der Waals surface area contributed by atoms with Crippen LogP contribution in [-0.2, 0) is 0 Å². The first-order valence-electron chi connectivity index (χ1n) is 20.3. The topological polar surface area (TPSA) is 9.86 Å². The highest BCUT2D eigenvalue weighted by atomic mass is 28.3. The minimum atomic E-state index is -1.40. The van der Waals surface area contributed by atoms with Crippen LogP contribution in [0, 0.1) is 0 Å². The van der Waals surface area contributed by atoms with E-state index in [9.17, 15) is 0 Å². The van der Waals surface area contributed by atoms with E-state index < -0.39 is 8.07 Å². The Bertz CT molecular complexity index is 3450. The van der Waals surface area contributed by atoms with E-state index >= 15 is 0 Å². The van der Waals surface area contributed by atoms with Crippen molar-refractivity contribution in [2.45, 2.75) is 19.6 Å². The molecule has 1 aliphatic carbocycles. The Balaban J connectivity index is 0.981. The summed E-state index contributed by atoms with van der Waals surface area (Å²) in [6.45, 7) is 7.23. The molecule has 58 heavy (non-hydrogen) atoms. The van der Waals surface area contributed by atoms with Gasteiger partial charge in [-0.25, -0.2) is 0 Å². The van der Waals surface area contributed by atoms with Gasteiger partial charge in [0.25, 0.3) is 0 Å². The average molecular weight is 757 g/mol. The van der Waals surface area contributed by atoms with Crippen molar-refractivity contribution in [3.63, 3.8) is 0 Å². The van der Waals surface area contributed by atoms with Crippen molar-refractivity contribution in [3.05, 3.63) is 188 Å². The number of hydrogen-bond donors (Lipinski definition) is 0. The van der Waals surface area contributed by atoms with E-state index in [-0.39, 0.29) is 0 Å². The van der Waals surface area contributed by atoms with Gasteiger partial charge in [0.15, 0.2) is 0 Å². The van der Waals surface area contributed by atoms with Crippen molar-refractivity contribution in [1.82, 2.24) is 9.13 Å². The Morgan fingerprint density at radius 1 is 0.310 bits per heavy atom. The highest BCUT2D eigenvalue weighted by molar-refractivity contribution is 6.88. The lowest BCUT2D eigenvalue weighted by Crippen LogP contribution is -2.37. The first-order chi connectivity index (χ1) is 28.4. The fourth-order valence-electron chi connectivity index (χ4n) is 9.84. The fourth-order valence-corrected chi connectivity index (χ4v) is 11.0. The molecule has 0 aliphatic heterocycles. The van der Waals surface area contributed by atoms with Gasteiger partial charge < -0.3 is 9.13 Å². The Morgan fingerprint density at radius 3 is 1.45 bits per heavy atom. The molecule has 274 valence electrons. The summed E-state index contributed by atoms with van der Waals surface area (Å²) in [5.41, 5.74) is 17.5. The molecule has 12 rings (SSSR count). The van der Waals surface area contributed by atoms with E-state index in [4.69, 9.17) is 0 Å². The standard InChI is InChI=1S/C55H40N2Si/c1-58(2,3)40-26-24-38(25-27-40)56-51-20-8-6-16-44(51)49-33-35(22-30-53(49)56)36-23-31-54-50(34-36)45-17-7-9-21-52(45)57(54)39-13-10-12-37(32-39)41-28-29-48-43-15-5-4-14-42(43)47-19-11-18-46(41)55(47)48/h4-34H,1-3H3. The number of rotatable bonds is 5. The Morgan fingerprint density at radius 2 is 0.810 bits per heavy atom. The van der Waals surface area contributed by atoms with Gasteiger partial charge in [0.1, 0.15) is 0 Å². The van der Waals surface area contributed by atoms with Crippen molar-refractivity contribution in [2.24, 2.45) is 0 Å². The minimum absolute atomic E-state index is 1.16. The number of para-hydroxylation sites is 2. The molecule has 0 amide bonds. The highest BCUT2D eigenvalue weighted by Gasteiger charge is 2.23. The predicted octanol–water partition coefficient (Wildman–Crippen LogP) is 14.6. The van der Waals surface area contributed by atoms with E-state index in [1.807, 2.05) is 0 Å². The minimum Gasteiger partial charge on any atom is -0.309 e. The molecule has 1 aliphatic rings. The molecule has 0 radical (unpaired) electrons. The first-order valence-corrected chi connectivity index (χ1v) is 23.8. The lowest BCUT2D eigenvalue weighted by molar-refractivity contribution is 1.18. The third-order valence-electron chi connectivity index (χ3n) is 12.6. The van der Waals surface area contributed by atoms with Gasteiger partial charge in [-0.2, -0.15) is 0 Å². The Hall–Kier alpha value is -6.94. The molecule has 2 aromatic heterocycles. The van der Waals surface area contributed by atoms with Gasteiger partial charge in [0, 0.05) is 32.9 Å². The van der Waals surface area contributed by atoms with Gasteiger partial charge >= 0.3 is 0 Å². The third kappa shape index (κ3) is 4.84. The monoisotopic (exact) mass is 756 g/mol. The SMILES string of the molecule is C[Si](C)(C)c1ccc(-n2c3ccccc3c3cc(-c4ccc5c(c4)c4ccccc4n5-c4cccc(-c5ccc6c7c(cccc57)-c5ccccc5-6)c4)ccc32)cc1. The number of aromatic nitrogens is 2. The first kappa shape index (κ1) is 33.2. The molecule has 0 bridgehead atoms. The van der Waals surface area contributed by atoms with Gasteiger partial charge in [-0.3, -0.25) is 0 Å². The molecule has 0 unspecified atom stereocenters. The van der Waals surface area contributed by atoms with Gasteiger partial charge in [-0.05, 0) is 116 Å². The second-order valence-corrected chi connectivity index (χ2v) is 22.0. The van der Waals surface area contributed by atoms with Gasteiger partial charge in [0.05, 0.1) is 30.1 Å². The summed E-state index contributed by atoms with van der Waals surface area (Å²) in [5, 5.41) is 9.20. The van der Waals surface area contributed by atoms with Crippen LogP contribution in [0.1, 0.15) is 0 Å². The lowest BCUT2D eigenvalue weighted by atomic mass is 9.94. The average Bonchev–Trinajstić information content (AvgIpc) is 3.90. The maximum atomic E-state index is 2.44. The zero-order chi connectivity index (χ0) is 38.7. The smallest absolute Gasteiger partial charge is 0.0775 e. The second kappa shape index (κ2) is 12.3. The summed E-state index contributed by atoms with van der Waals surface area (Å²) in [6, 6.07) is 70.3. The van der Waals surface area contributed by atoms with Crippen molar-refractivity contribution in [2.75, 3.05) is 0 Å². The molecule has 3 heteroatoms. The molecule has 11 aromatic rings. The number of benzene rings is 9. The van der Waals surface area contributed by atoms with E-state index in [0.29, 0.717) is 0 Å². The zero-order valence-corrected chi connectivity index (χ0v) is 33.8. The molecular weight excluding hydrogens is 717 g/mol. The predicted molar refractivity (Wildman–Crippen MR) is 251 cm³/mol. The van der Waals surface area contributed by atoms with Crippen LogP contribution >= 0.6 is 0 Å². The van der Waals surface area contributed by atoms with Crippen LogP contribution in [0.15, 0.2) is 188 Å². The van der Waals surface area contributed by atoms with Crippen LogP contribution in [0.4, 0.5) is 0 Å². The van der Waals surface area contributed by atoms with Crippen molar-refractivity contribution in [1.29, 1.82) is 0 Å².